The molecule has 27 heavy (non-hydrogen) atoms. The van der Waals surface area contributed by atoms with E-state index in [1.54, 1.807) is 24.6 Å². The summed E-state index contributed by atoms with van der Waals surface area (Å²) in [6.45, 7) is 9.55. The summed E-state index contributed by atoms with van der Waals surface area (Å²) in [5.41, 5.74) is 1.43. The highest BCUT2D eigenvalue weighted by Crippen LogP contribution is 2.35. The molecule has 1 heterocycles. The molecule has 0 atom stereocenters. The van der Waals surface area contributed by atoms with E-state index in [-0.39, 0.29) is 34.2 Å². The van der Waals surface area contributed by atoms with Gasteiger partial charge in [0.2, 0.25) is 11.7 Å². The molecule has 146 valence electrons. The molecular formula is C19H24N2O5S. The molecule has 0 unspecified atom stereocenters. The predicted molar refractivity (Wildman–Crippen MR) is 103 cm³/mol. The Kier molecular flexibility index (Phi) is 6.10. The standard InChI is InChI=1S/C19H24N2O5S/c1-7-9-26-19-15(11-20-21(19)8-2)16(22)14-10-12(3)18(27(6,23)24)13(4)17(14)25-5/h7,10-11H,1,8-9H2,2-6H3. The van der Waals surface area contributed by atoms with Gasteiger partial charge in [0.1, 0.15) is 17.9 Å². The van der Waals surface area contributed by atoms with Gasteiger partial charge in [0, 0.05) is 18.4 Å². The number of benzene rings is 1. The van der Waals surface area contributed by atoms with Gasteiger partial charge >= 0.3 is 0 Å². The van der Waals surface area contributed by atoms with Crippen molar-refractivity contribution in [3.63, 3.8) is 0 Å². The Balaban J connectivity index is 2.68. The van der Waals surface area contributed by atoms with Crippen molar-refractivity contribution < 1.29 is 22.7 Å². The minimum atomic E-state index is -3.47. The monoisotopic (exact) mass is 392 g/mol. The molecule has 0 radical (unpaired) electrons. The van der Waals surface area contributed by atoms with Crippen LogP contribution in [0.5, 0.6) is 11.6 Å². The van der Waals surface area contributed by atoms with Gasteiger partial charge in [-0.25, -0.2) is 13.1 Å². The average molecular weight is 392 g/mol. The number of ketones is 1. The van der Waals surface area contributed by atoms with E-state index in [0.29, 0.717) is 23.6 Å². The number of aryl methyl sites for hydroxylation is 2. The Bertz CT molecular complexity index is 990. The van der Waals surface area contributed by atoms with Gasteiger partial charge in [-0.05, 0) is 32.4 Å². The van der Waals surface area contributed by atoms with Gasteiger partial charge in [0.05, 0.1) is 23.8 Å². The minimum absolute atomic E-state index is 0.170. The number of hydrogen-bond donors (Lipinski definition) is 0. The molecule has 0 saturated carbocycles. The molecular weight excluding hydrogens is 368 g/mol. The Morgan fingerprint density at radius 2 is 2.00 bits per heavy atom. The maximum atomic E-state index is 13.2. The fourth-order valence-corrected chi connectivity index (χ4v) is 4.43. The largest absolute Gasteiger partial charge is 0.496 e. The van der Waals surface area contributed by atoms with Gasteiger partial charge in [-0.15, -0.1) is 0 Å². The average Bonchev–Trinajstić information content (AvgIpc) is 3.00. The first-order chi connectivity index (χ1) is 12.7. The number of nitrogens with zero attached hydrogens (tertiary/aromatic N) is 2. The molecule has 8 heteroatoms. The topological polar surface area (TPSA) is 87.5 Å². The predicted octanol–water partition coefficient (Wildman–Crippen LogP) is 2.73. The zero-order chi connectivity index (χ0) is 20.4. The number of sulfone groups is 1. The molecule has 0 saturated heterocycles. The lowest BCUT2D eigenvalue weighted by Crippen LogP contribution is -2.12. The molecule has 0 aliphatic carbocycles. The van der Waals surface area contributed by atoms with Gasteiger partial charge in [-0.2, -0.15) is 5.10 Å². The quantitative estimate of drug-likeness (QED) is 0.507. The van der Waals surface area contributed by atoms with Gasteiger partial charge in [-0.3, -0.25) is 4.79 Å². The van der Waals surface area contributed by atoms with Crippen LogP contribution in [0.3, 0.4) is 0 Å². The van der Waals surface area contributed by atoms with Crippen molar-refractivity contribution in [2.24, 2.45) is 0 Å². The van der Waals surface area contributed by atoms with Crippen LogP contribution >= 0.6 is 0 Å². The second kappa shape index (κ2) is 7.96. The third-order valence-electron chi connectivity index (χ3n) is 4.14. The van der Waals surface area contributed by atoms with Gasteiger partial charge in [-0.1, -0.05) is 12.7 Å². The van der Waals surface area contributed by atoms with Crippen LogP contribution in [0.4, 0.5) is 0 Å². The van der Waals surface area contributed by atoms with Crippen molar-refractivity contribution >= 4 is 15.6 Å². The lowest BCUT2D eigenvalue weighted by Gasteiger charge is -2.16. The molecule has 0 N–H and O–H groups in total. The number of carbonyl (C=O) groups excluding carboxylic acids is 1. The second-order valence-corrected chi connectivity index (χ2v) is 8.06. The molecule has 0 spiro atoms. The first kappa shape index (κ1) is 20.7. The lowest BCUT2D eigenvalue weighted by molar-refractivity contribution is 0.103. The van der Waals surface area contributed by atoms with Crippen LogP contribution in [-0.2, 0) is 16.4 Å². The van der Waals surface area contributed by atoms with Crippen LogP contribution in [0, 0.1) is 13.8 Å². The zero-order valence-corrected chi connectivity index (χ0v) is 17.0. The normalized spacial score (nSPS) is 11.3. The first-order valence-electron chi connectivity index (χ1n) is 8.39. The smallest absolute Gasteiger partial charge is 0.223 e. The highest BCUT2D eigenvalue weighted by atomic mass is 32.2. The van der Waals surface area contributed by atoms with E-state index in [9.17, 15) is 13.2 Å². The van der Waals surface area contributed by atoms with Crippen LogP contribution in [-0.4, -0.2) is 44.0 Å². The number of rotatable bonds is 8. The molecule has 2 rings (SSSR count). The molecule has 7 nitrogen and oxygen atoms in total. The number of ether oxygens (including phenoxy) is 2. The third-order valence-corrected chi connectivity index (χ3v) is 5.51. The van der Waals surface area contributed by atoms with E-state index >= 15 is 0 Å². The summed E-state index contributed by atoms with van der Waals surface area (Å²) in [7, 11) is -2.06. The molecule has 1 aromatic carbocycles. The lowest BCUT2D eigenvalue weighted by atomic mass is 9.99. The van der Waals surface area contributed by atoms with E-state index in [2.05, 4.69) is 11.7 Å². The maximum Gasteiger partial charge on any atom is 0.223 e. The highest BCUT2D eigenvalue weighted by molar-refractivity contribution is 7.90. The Hall–Kier alpha value is -2.61. The molecule has 0 bridgehead atoms. The number of aromatic nitrogens is 2. The van der Waals surface area contributed by atoms with Crippen LogP contribution < -0.4 is 9.47 Å². The Morgan fingerprint density at radius 3 is 2.52 bits per heavy atom. The molecule has 0 amide bonds. The van der Waals surface area contributed by atoms with E-state index in [1.165, 1.54) is 19.4 Å². The van der Waals surface area contributed by atoms with Crippen molar-refractivity contribution in [2.75, 3.05) is 20.0 Å². The van der Waals surface area contributed by atoms with Crippen LogP contribution in [0.15, 0.2) is 29.8 Å². The molecule has 1 aromatic heterocycles. The number of hydrogen-bond acceptors (Lipinski definition) is 6. The van der Waals surface area contributed by atoms with Crippen LogP contribution in [0.1, 0.15) is 34.0 Å². The van der Waals surface area contributed by atoms with Crippen LogP contribution in [0.2, 0.25) is 0 Å². The molecule has 2 aromatic rings. The summed E-state index contributed by atoms with van der Waals surface area (Å²) in [6.07, 6.45) is 4.16. The van der Waals surface area contributed by atoms with Crippen molar-refractivity contribution in [3.8, 4) is 11.6 Å². The summed E-state index contributed by atoms with van der Waals surface area (Å²) in [6, 6.07) is 1.53. The van der Waals surface area contributed by atoms with Crippen molar-refractivity contribution in [1.29, 1.82) is 0 Å². The Labute approximate surface area is 159 Å². The van der Waals surface area contributed by atoms with E-state index < -0.39 is 9.84 Å². The first-order valence-corrected chi connectivity index (χ1v) is 10.3. The SMILES string of the molecule is C=CCOc1c(C(=O)c2cc(C)c(S(C)(=O)=O)c(C)c2OC)cnn1CC. The van der Waals surface area contributed by atoms with Crippen molar-refractivity contribution in [2.45, 2.75) is 32.2 Å². The minimum Gasteiger partial charge on any atom is -0.496 e. The summed E-state index contributed by atoms with van der Waals surface area (Å²) in [5, 5.41) is 4.19. The summed E-state index contributed by atoms with van der Waals surface area (Å²) in [5.74, 6) is 0.216. The highest BCUT2D eigenvalue weighted by Gasteiger charge is 2.27. The third kappa shape index (κ3) is 3.90. The number of carbonyl (C=O) groups is 1. The fraction of sp³-hybridized carbons (Fsp3) is 0.368. The van der Waals surface area contributed by atoms with Crippen LogP contribution in [0.25, 0.3) is 0 Å². The second-order valence-electron chi connectivity index (χ2n) is 6.11. The van der Waals surface area contributed by atoms with E-state index in [1.807, 2.05) is 6.92 Å². The van der Waals surface area contributed by atoms with E-state index in [4.69, 9.17) is 9.47 Å². The molecule has 0 fully saturated rings. The van der Waals surface area contributed by atoms with Gasteiger partial charge in [0.15, 0.2) is 9.84 Å². The number of methoxy groups -OCH3 is 1. The van der Waals surface area contributed by atoms with Gasteiger partial charge in [0.25, 0.3) is 0 Å². The maximum absolute atomic E-state index is 13.2. The summed E-state index contributed by atoms with van der Waals surface area (Å²) >= 11 is 0. The van der Waals surface area contributed by atoms with Gasteiger partial charge < -0.3 is 9.47 Å². The summed E-state index contributed by atoms with van der Waals surface area (Å²) < 4.78 is 36.8. The fourth-order valence-electron chi connectivity index (χ4n) is 3.14. The molecule has 0 aliphatic rings. The van der Waals surface area contributed by atoms with E-state index in [0.717, 1.165) is 6.26 Å². The Morgan fingerprint density at radius 1 is 1.33 bits per heavy atom. The summed E-state index contributed by atoms with van der Waals surface area (Å²) in [4.78, 5) is 13.4. The zero-order valence-electron chi connectivity index (χ0n) is 16.2. The van der Waals surface area contributed by atoms with Crippen molar-refractivity contribution in [3.05, 3.63) is 47.2 Å². The molecule has 0 aliphatic heterocycles. The van der Waals surface area contributed by atoms with Crippen molar-refractivity contribution in [1.82, 2.24) is 9.78 Å².